The molecular weight excluding hydrogens is 211 g/mol. The van der Waals surface area contributed by atoms with Crippen molar-refractivity contribution < 1.29 is 0 Å². The van der Waals surface area contributed by atoms with E-state index in [9.17, 15) is 0 Å². The maximum atomic E-state index is 4.09. The van der Waals surface area contributed by atoms with Gasteiger partial charge in [0.05, 0.1) is 0 Å². The van der Waals surface area contributed by atoms with Crippen LogP contribution in [0.3, 0.4) is 0 Å². The Morgan fingerprint density at radius 3 is 2.50 bits per heavy atom. The summed E-state index contributed by atoms with van der Waals surface area (Å²) in [7, 11) is 0.945. The zero-order valence-electron chi connectivity index (χ0n) is 10.4. The normalized spacial score (nSPS) is 13.4. The molecule has 0 aliphatic carbocycles. The minimum absolute atomic E-state index is 0.805. The standard InChI is InChI=1S/C15H24P/c1-3-5-6-8-11-14(4-2)16-15-12-9-7-10-13-15/h7,9-10,12-14,16H,2-6,8,11H2,1H3. The van der Waals surface area contributed by atoms with Crippen LogP contribution in [0.1, 0.15) is 45.4 Å². The van der Waals surface area contributed by atoms with Gasteiger partial charge in [0.1, 0.15) is 0 Å². The highest BCUT2D eigenvalue weighted by atomic mass is 31.1. The predicted octanol–water partition coefficient (Wildman–Crippen LogP) is 4.55. The van der Waals surface area contributed by atoms with Gasteiger partial charge in [0.15, 0.2) is 0 Å². The minimum Gasteiger partial charge on any atom is -0.0872 e. The van der Waals surface area contributed by atoms with Crippen LogP contribution >= 0.6 is 8.58 Å². The summed E-state index contributed by atoms with van der Waals surface area (Å²) in [6, 6.07) is 10.9. The van der Waals surface area contributed by atoms with Gasteiger partial charge in [-0.1, -0.05) is 78.4 Å². The average Bonchev–Trinajstić information content (AvgIpc) is 2.34. The Kier molecular flexibility index (Phi) is 7.51. The van der Waals surface area contributed by atoms with Gasteiger partial charge in [-0.15, -0.1) is 0 Å². The van der Waals surface area contributed by atoms with Crippen molar-refractivity contribution in [2.75, 3.05) is 0 Å². The van der Waals surface area contributed by atoms with Gasteiger partial charge in [-0.2, -0.15) is 0 Å². The molecule has 0 saturated heterocycles. The molecule has 1 aromatic carbocycles. The van der Waals surface area contributed by atoms with E-state index >= 15 is 0 Å². The van der Waals surface area contributed by atoms with Gasteiger partial charge in [-0.05, 0) is 23.8 Å². The number of rotatable bonds is 8. The fourth-order valence-electron chi connectivity index (χ4n) is 1.88. The van der Waals surface area contributed by atoms with Gasteiger partial charge in [0, 0.05) is 0 Å². The number of hydrogen-bond acceptors (Lipinski definition) is 0. The lowest BCUT2D eigenvalue weighted by Gasteiger charge is -2.14. The zero-order valence-corrected chi connectivity index (χ0v) is 11.4. The fourth-order valence-corrected chi connectivity index (χ4v) is 3.23. The van der Waals surface area contributed by atoms with E-state index in [-0.39, 0.29) is 0 Å². The van der Waals surface area contributed by atoms with Crippen molar-refractivity contribution in [3.8, 4) is 0 Å². The van der Waals surface area contributed by atoms with Gasteiger partial charge in [-0.25, -0.2) is 0 Å². The molecule has 89 valence electrons. The first-order valence-electron chi connectivity index (χ1n) is 6.47. The first kappa shape index (κ1) is 13.7. The summed E-state index contributed by atoms with van der Waals surface area (Å²) in [6.45, 7) is 6.36. The van der Waals surface area contributed by atoms with E-state index in [2.05, 4.69) is 44.2 Å². The molecule has 0 N–H and O–H groups in total. The van der Waals surface area contributed by atoms with E-state index < -0.39 is 0 Å². The van der Waals surface area contributed by atoms with Crippen LogP contribution in [0.2, 0.25) is 0 Å². The molecule has 1 heteroatoms. The Morgan fingerprint density at radius 1 is 1.12 bits per heavy atom. The second-order valence-electron chi connectivity index (χ2n) is 4.35. The predicted molar refractivity (Wildman–Crippen MR) is 76.9 cm³/mol. The van der Waals surface area contributed by atoms with E-state index in [0.717, 1.165) is 20.7 Å². The third-order valence-corrected chi connectivity index (χ3v) is 4.55. The first-order chi connectivity index (χ1) is 7.86. The quantitative estimate of drug-likeness (QED) is 0.458. The lowest BCUT2D eigenvalue weighted by molar-refractivity contribution is 0.617. The maximum Gasteiger partial charge on any atom is -0.0196 e. The highest BCUT2D eigenvalue weighted by molar-refractivity contribution is 7.48. The van der Waals surface area contributed by atoms with Crippen molar-refractivity contribution in [2.45, 2.75) is 51.1 Å². The summed E-state index contributed by atoms with van der Waals surface area (Å²) in [6.07, 6.45) is 7.94. The molecule has 0 aromatic heterocycles. The van der Waals surface area contributed by atoms with Crippen LogP contribution in [0, 0.1) is 6.92 Å². The molecule has 1 radical (unpaired) electrons. The van der Waals surface area contributed by atoms with Crippen LogP contribution < -0.4 is 5.30 Å². The highest BCUT2D eigenvalue weighted by Crippen LogP contribution is 2.26. The molecule has 0 spiro atoms. The van der Waals surface area contributed by atoms with Crippen LogP contribution in [0.5, 0.6) is 0 Å². The summed E-state index contributed by atoms with van der Waals surface area (Å²) in [5.74, 6) is 0. The van der Waals surface area contributed by atoms with Crippen LogP contribution in [0.15, 0.2) is 30.3 Å². The second kappa shape index (κ2) is 8.76. The van der Waals surface area contributed by atoms with E-state index in [1.54, 1.807) is 0 Å². The molecule has 0 aliphatic rings. The Labute approximate surface area is 103 Å². The Bertz CT molecular complexity index is 255. The molecule has 2 unspecified atom stereocenters. The highest BCUT2D eigenvalue weighted by Gasteiger charge is 2.06. The molecule has 0 aliphatic heterocycles. The third-order valence-electron chi connectivity index (χ3n) is 2.90. The first-order valence-corrected chi connectivity index (χ1v) is 7.55. The smallest absolute Gasteiger partial charge is 0.0196 e. The molecule has 0 fully saturated rings. The van der Waals surface area contributed by atoms with E-state index in [1.165, 1.54) is 37.4 Å². The summed E-state index contributed by atoms with van der Waals surface area (Å²) in [5.41, 5.74) is 0.805. The van der Waals surface area contributed by atoms with Gasteiger partial charge in [0.25, 0.3) is 0 Å². The maximum absolute atomic E-state index is 4.09. The lowest BCUT2D eigenvalue weighted by atomic mass is 10.1. The van der Waals surface area contributed by atoms with E-state index in [1.807, 2.05) is 0 Å². The largest absolute Gasteiger partial charge is 0.0872 e. The second-order valence-corrected chi connectivity index (χ2v) is 6.03. The summed E-state index contributed by atoms with van der Waals surface area (Å²) in [5, 5.41) is 1.49. The van der Waals surface area contributed by atoms with E-state index in [0.29, 0.717) is 0 Å². The molecule has 1 aromatic rings. The fraction of sp³-hybridized carbons (Fsp3) is 0.533. The molecule has 16 heavy (non-hydrogen) atoms. The van der Waals surface area contributed by atoms with Crippen molar-refractivity contribution in [2.24, 2.45) is 0 Å². The number of benzene rings is 1. The summed E-state index contributed by atoms with van der Waals surface area (Å²) < 4.78 is 0. The molecule has 0 bridgehead atoms. The van der Waals surface area contributed by atoms with Crippen LogP contribution in [-0.4, -0.2) is 5.66 Å². The van der Waals surface area contributed by atoms with Crippen LogP contribution in [0.4, 0.5) is 0 Å². The molecule has 0 heterocycles. The molecular formula is C15H24P. The topological polar surface area (TPSA) is 0 Å². The zero-order chi connectivity index (χ0) is 11.6. The lowest BCUT2D eigenvalue weighted by Crippen LogP contribution is -2.05. The van der Waals surface area contributed by atoms with Gasteiger partial charge in [0.2, 0.25) is 0 Å². The monoisotopic (exact) mass is 235 g/mol. The number of hydrogen-bond donors (Lipinski definition) is 0. The van der Waals surface area contributed by atoms with Gasteiger partial charge >= 0.3 is 0 Å². The van der Waals surface area contributed by atoms with Crippen LogP contribution in [0.25, 0.3) is 0 Å². The summed E-state index contributed by atoms with van der Waals surface area (Å²) in [4.78, 5) is 0. The molecule has 0 amide bonds. The Morgan fingerprint density at radius 2 is 1.88 bits per heavy atom. The minimum atomic E-state index is 0.805. The van der Waals surface area contributed by atoms with Crippen LogP contribution in [-0.2, 0) is 0 Å². The SMILES string of the molecule is [CH2]CC(CCCCCC)Pc1ccccc1. The van der Waals surface area contributed by atoms with Crippen molar-refractivity contribution in [1.29, 1.82) is 0 Å². The third kappa shape index (κ3) is 5.66. The molecule has 0 nitrogen and oxygen atoms in total. The molecule has 0 saturated carbocycles. The van der Waals surface area contributed by atoms with E-state index in [4.69, 9.17) is 0 Å². The van der Waals surface area contributed by atoms with Crippen molar-refractivity contribution >= 4 is 13.9 Å². The van der Waals surface area contributed by atoms with Crippen molar-refractivity contribution in [3.05, 3.63) is 37.3 Å². The molecule has 2 atom stereocenters. The van der Waals surface area contributed by atoms with Crippen molar-refractivity contribution in [3.63, 3.8) is 0 Å². The Balaban J connectivity index is 2.26. The van der Waals surface area contributed by atoms with Crippen molar-refractivity contribution in [1.82, 2.24) is 0 Å². The Hall–Kier alpha value is -0.350. The average molecular weight is 235 g/mol. The van der Waals surface area contributed by atoms with Gasteiger partial charge < -0.3 is 0 Å². The summed E-state index contributed by atoms with van der Waals surface area (Å²) >= 11 is 0. The molecule has 1 rings (SSSR count). The van der Waals surface area contributed by atoms with Gasteiger partial charge in [-0.3, -0.25) is 0 Å². The number of unbranched alkanes of at least 4 members (excludes halogenated alkanes) is 3.